The number of hydrogen-bond acceptors (Lipinski definition) is 3. The number of anilines is 1. The highest BCUT2D eigenvalue weighted by Crippen LogP contribution is 2.34. The van der Waals surface area contributed by atoms with Gasteiger partial charge in [-0.2, -0.15) is 0 Å². The highest BCUT2D eigenvalue weighted by atomic mass is 32.2. The lowest BCUT2D eigenvalue weighted by Gasteiger charge is -2.17. The highest BCUT2D eigenvalue weighted by molar-refractivity contribution is 8.00. The van der Waals surface area contributed by atoms with Gasteiger partial charge in [-0.15, -0.1) is 0 Å². The van der Waals surface area contributed by atoms with E-state index < -0.39 is 0 Å². The Morgan fingerprint density at radius 1 is 1.33 bits per heavy atom. The number of nitrogens with one attached hydrogen (secondary N) is 3. The molecule has 3 rings (SSSR count). The van der Waals surface area contributed by atoms with Gasteiger partial charge in [0.1, 0.15) is 0 Å². The average Bonchev–Trinajstić information content (AvgIpc) is 3.27. The molecule has 0 bridgehead atoms. The van der Waals surface area contributed by atoms with Crippen molar-refractivity contribution in [3.05, 3.63) is 40.3 Å². The molecule has 0 spiro atoms. The monoisotopic (exact) mass is 347 g/mol. The van der Waals surface area contributed by atoms with Crippen molar-refractivity contribution in [3.63, 3.8) is 0 Å². The molecule has 0 radical (unpaired) electrons. The van der Waals surface area contributed by atoms with Gasteiger partial charge in [0.2, 0.25) is 0 Å². The number of rotatable bonds is 4. The van der Waals surface area contributed by atoms with Crippen LogP contribution in [0.25, 0.3) is 0 Å². The minimum atomic E-state index is -0.181. The normalized spacial score (nSPS) is 15.2. The Labute approximate surface area is 150 Å². The molecule has 132 valence electrons. The molecule has 0 atom stereocenters. The molecule has 2 amide bonds. The van der Waals surface area contributed by atoms with Crippen LogP contribution in [0.2, 0.25) is 0 Å². The maximum Gasteiger partial charge on any atom is 0.329 e. The minimum Gasteiger partial charge on any atom is -0.317 e. The van der Waals surface area contributed by atoms with Gasteiger partial charge in [-0.1, -0.05) is 19.6 Å². The van der Waals surface area contributed by atoms with E-state index in [9.17, 15) is 4.79 Å². The van der Waals surface area contributed by atoms with Crippen LogP contribution in [0.4, 0.5) is 10.5 Å². The molecule has 1 aromatic rings. The van der Waals surface area contributed by atoms with E-state index in [4.69, 9.17) is 0 Å². The van der Waals surface area contributed by atoms with E-state index >= 15 is 0 Å². The van der Waals surface area contributed by atoms with Gasteiger partial charge in [-0.25, -0.2) is 4.79 Å². The summed E-state index contributed by atoms with van der Waals surface area (Å²) in [6.45, 7) is 10.3. The first-order chi connectivity index (χ1) is 11.7. The molecule has 1 aromatic carbocycles. The number of aryl methyl sites for hydroxylation is 2. The summed E-state index contributed by atoms with van der Waals surface area (Å²) in [5.74, 6) is 0. The third-order valence-electron chi connectivity index (χ3n) is 4.51. The quantitative estimate of drug-likeness (QED) is 0.711. The Morgan fingerprint density at radius 2 is 2.08 bits per heavy atom. The number of carbonyl (C=O) groups is 1. The van der Waals surface area contributed by atoms with Gasteiger partial charge >= 0.3 is 6.03 Å². The second-order valence-electron chi connectivity index (χ2n) is 6.19. The number of benzene rings is 1. The van der Waals surface area contributed by atoms with Gasteiger partial charge in [0.05, 0.1) is 0 Å². The fraction of sp³-hybridized carbons (Fsp3) is 0.526. The van der Waals surface area contributed by atoms with E-state index in [1.54, 1.807) is 5.41 Å². The molecule has 0 unspecified atom stereocenters. The first-order valence-electron chi connectivity index (χ1n) is 8.85. The first kappa shape index (κ1) is 18.9. The number of carbonyl (C=O) groups excluding carboxylic acids is 1. The summed E-state index contributed by atoms with van der Waals surface area (Å²) in [6, 6.07) is 2.10. The fourth-order valence-corrected chi connectivity index (χ4v) is 3.65. The summed E-state index contributed by atoms with van der Waals surface area (Å²) < 4.78 is 2.69. The van der Waals surface area contributed by atoms with Gasteiger partial charge in [0.25, 0.3) is 0 Å². The summed E-state index contributed by atoms with van der Waals surface area (Å²) in [4.78, 5) is 11.9. The Balaban J connectivity index is 0.000000355. The molecule has 4 nitrogen and oxygen atoms in total. The maximum atomic E-state index is 11.9. The van der Waals surface area contributed by atoms with Crippen LogP contribution in [0.3, 0.4) is 0 Å². The second kappa shape index (κ2) is 9.74. The zero-order valence-corrected chi connectivity index (χ0v) is 15.7. The van der Waals surface area contributed by atoms with Gasteiger partial charge in [-0.05, 0) is 98.1 Å². The van der Waals surface area contributed by atoms with Crippen molar-refractivity contribution in [1.29, 1.82) is 0 Å². The Hall–Kier alpha value is -1.46. The molecule has 5 heteroatoms. The summed E-state index contributed by atoms with van der Waals surface area (Å²) in [6.07, 6.45) is 7.08. The van der Waals surface area contributed by atoms with Crippen molar-refractivity contribution in [1.82, 2.24) is 10.0 Å². The van der Waals surface area contributed by atoms with Gasteiger partial charge < -0.3 is 10.6 Å². The summed E-state index contributed by atoms with van der Waals surface area (Å²) in [7, 11) is 0. The van der Waals surface area contributed by atoms with Crippen LogP contribution in [0, 0.1) is 6.92 Å². The molecular formula is C19H29N3OS. The topological polar surface area (TPSA) is 53.2 Å². The maximum absolute atomic E-state index is 11.9. The van der Waals surface area contributed by atoms with Gasteiger partial charge in [-0.3, -0.25) is 4.72 Å². The summed E-state index contributed by atoms with van der Waals surface area (Å²) >= 11 is 1.19. The van der Waals surface area contributed by atoms with Crippen molar-refractivity contribution in [2.75, 3.05) is 18.4 Å². The third kappa shape index (κ3) is 5.02. The van der Waals surface area contributed by atoms with E-state index in [0.29, 0.717) is 0 Å². The average molecular weight is 348 g/mol. The van der Waals surface area contributed by atoms with Crippen LogP contribution in [0.15, 0.2) is 18.1 Å². The lowest BCUT2D eigenvalue weighted by atomic mass is 9.96. The van der Waals surface area contributed by atoms with Crippen molar-refractivity contribution in [2.24, 2.45) is 0 Å². The SMILES string of the molecule is C1CCNC1.C=CSNC(=O)Nc1c(CC)c(C)cc2c1CCC2. The molecule has 0 aromatic heterocycles. The predicted molar refractivity (Wildman–Crippen MR) is 105 cm³/mol. The van der Waals surface area contributed by atoms with Crippen LogP contribution in [0.5, 0.6) is 0 Å². The van der Waals surface area contributed by atoms with Crippen molar-refractivity contribution >= 4 is 23.7 Å². The predicted octanol–water partition coefficient (Wildman–Crippen LogP) is 4.33. The van der Waals surface area contributed by atoms with Gasteiger partial charge in [0.15, 0.2) is 0 Å². The van der Waals surface area contributed by atoms with E-state index in [0.717, 1.165) is 24.9 Å². The molecule has 24 heavy (non-hydrogen) atoms. The molecule has 3 N–H and O–H groups in total. The first-order valence-corrected chi connectivity index (χ1v) is 9.73. The van der Waals surface area contributed by atoms with Crippen LogP contribution < -0.4 is 15.4 Å². The molecule has 1 heterocycles. The molecule has 1 saturated heterocycles. The number of urea groups is 1. The molecular weight excluding hydrogens is 318 g/mol. The van der Waals surface area contributed by atoms with Crippen molar-refractivity contribution < 1.29 is 4.79 Å². The van der Waals surface area contributed by atoms with E-state index in [2.05, 4.69) is 41.8 Å². The van der Waals surface area contributed by atoms with E-state index in [1.165, 1.54) is 66.6 Å². The van der Waals surface area contributed by atoms with Crippen molar-refractivity contribution in [3.8, 4) is 0 Å². The lowest BCUT2D eigenvalue weighted by molar-refractivity contribution is 0.257. The van der Waals surface area contributed by atoms with E-state index in [1.807, 2.05) is 0 Å². The molecule has 1 aliphatic heterocycles. The zero-order chi connectivity index (χ0) is 17.4. The molecule has 1 fully saturated rings. The number of hydrogen-bond donors (Lipinski definition) is 3. The van der Waals surface area contributed by atoms with Crippen LogP contribution >= 0.6 is 11.9 Å². The molecule has 2 aliphatic rings. The highest BCUT2D eigenvalue weighted by Gasteiger charge is 2.20. The summed E-state index contributed by atoms with van der Waals surface area (Å²) in [5.41, 5.74) is 6.26. The van der Waals surface area contributed by atoms with Gasteiger partial charge in [0, 0.05) is 5.69 Å². The van der Waals surface area contributed by atoms with Crippen molar-refractivity contribution in [2.45, 2.75) is 52.4 Å². The number of fused-ring (bicyclic) bond motifs is 1. The second-order valence-corrected chi connectivity index (χ2v) is 6.96. The third-order valence-corrected chi connectivity index (χ3v) is 4.98. The standard InChI is InChI=1S/C15H20N2OS.C4H9N/c1-4-12-10(3)9-11-7-6-8-13(11)14(12)16-15(18)17-19-5-2;1-2-4-5-3-1/h5,9H,2,4,6-8H2,1,3H3,(H2,16,17,18);5H,1-4H2. The Bertz CT molecular complexity index is 571. The van der Waals surface area contributed by atoms with E-state index in [-0.39, 0.29) is 6.03 Å². The Kier molecular flexibility index (Phi) is 7.66. The van der Waals surface area contributed by atoms with Crippen LogP contribution in [-0.2, 0) is 19.3 Å². The largest absolute Gasteiger partial charge is 0.329 e. The fourth-order valence-electron chi connectivity index (χ4n) is 3.41. The van der Waals surface area contributed by atoms with Crippen LogP contribution in [0.1, 0.15) is 48.4 Å². The Morgan fingerprint density at radius 3 is 2.67 bits per heavy atom. The molecule has 0 saturated carbocycles. The summed E-state index contributed by atoms with van der Waals surface area (Å²) in [5, 5.41) is 7.84. The smallest absolute Gasteiger partial charge is 0.317 e. The lowest BCUT2D eigenvalue weighted by Crippen LogP contribution is -2.24. The molecule has 1 aliphatic carbocycles. The van der Waals surface area contributed by atoms with Crippen LogP contribution in [-0.4, -0.2) is 19.1 Å². The minimum absolute atomic E-state index is 0.181. The zero-order valence-electron chi connectivity index (χ0n) is 14.8. The number of amides is 2.